The van der Waals surface area contributed by atoms with Crippen molar-refractivity contribution in [2.24, 2.45) is 0 Å². The van der Waals surface area contributed by atoms with Crippen molar-refractivity contribution >= 4 is 28.6 Å². The van der Waals surface area contributed by atoms with Gasteiger partial charge in [-0.1, -0.05) is 29.5 Å². The van der Waals surface area contributed by atoms with Crippen molar-refractivity contribution < 1.29 is 9.53 Å². The SMILES string of the molecule is CC(I)CCC(=O)OC(C)C. The predicted molar refractivity (Wildman–Crippen MR) is 53.9 cm³/mol. The molecule has 0 spiro atoms. The van der Waals surface area contributed by atoms with Crippen LogP contribution in [-0.4, -0.2) is 16.0 Å². The first-order valence-corrected chi connectivity index (χ1v) is 5.10. The van der Waals surface area contributed by atoms with Gasteiger partial charge >= 0.3 is 5.97 Å². The summed E-state index contributed by atoms with van der Waals surface area (Å²) < 4.78 is 5.51. The van der Waals surface area contributed by atoms with E-state index in [2.05, 4.69) is 29.5 Å². The zero-order valence-electron chi connectivity index (χ0n) is 7.26. The third-order valence-corrected chi connectivity index (χ3v) is 1.74. The smallest absolute Gasteiger partial charge is 0.306 e. The van der Waals surface area contributed by atoms with Gasteiger partial charge < -0.3 is 4.74 Å². The van der Waals surface area contributed by atoms with Gasteiger partial charge in [0.05, 0.1) is 6.10 Å². The zero-order chi connectivity index (χ0) is 8.85. The quantitative estimate of drug-likeness (QED) is 0.446. The number of halogens is 1. The van der Waals surface area contributed by atoms with Crippen LogP contribution in [0, 0.1) is 0 Å². The van der Waals surface area contributed by atoms with E-state index in [0.717, 1.165) is 6.42 Å². The molecule has 3 heteroatoms. The maximum atomic E-state index is 10.9. The van der Waals surface area contributed by atoms with Crippen molar-refractivity contribution in [3.63, 3.8) is 0 Å². The van der Waals surface area contributed by atoms with Gasteiger partial charge in [0.2, 0.25) is 0 Å². The van der Waals surface area contributed by atoms with E-state index in [4.69, 9.17) is 4.74 Å². The third-order valence-electron chi connectivity index (χ3n) is 1.11. The van der Waals surface area contributed by atoms with Gasteiger partial charge in [-0.15, -0.1) is 0 Å². The molecule has 0 aromatic rings. The van der Waals surface area contributed by atoms with E-state index in [-0.39, 0.29) is 12.1 Å². The first-order chi connectivity index (χ1) is 5.02. The van der Waals surface area contributed by atoms with Gasteiger partial charge in [-0.25, -0.2) is 0 Å². The molecule has 0 aliphatic carbocycles. The summed E-state index contributed by atoms with van der Waals surface area (Å²) in [5, 5.41) is 0. The third kappa shape index (κ3) is 8.10. The van der Waals surface area contributed by atoms with Gasteiger partial charge in [0, 0.05) is 10.3 Å². The normalized spacial score (nSPS) is 13.2. The highest BCUT2D eigenvalue weighted by atomic mass is 127. The maximum Gasteiger partial charge on any atom is 0.306 e. The van der Waals surface area contributed by atoms with Crippen LogP contribution in [0.4, 0.5) is 0 Å². The second kappa shape index (κ2) is 5.80. The molecule has 1 atom stereocenters. The Balaban J connectivity index is 3.38. The van der Waals surface area contributed by atoms with Crippen molar-refractivity contribution in [2.45, 2.75) is 43.6 Å². The Morgan fingerprint density at radius 3 is 2.36 bits per heavy atom. The van der Waals surface area contributed by atoms with Crippen molar-refractivity contribution in [1.82, 2.24) is 0 Å². The number of alkyl halides is 1. The number of carbonyl (C=O) groups excluding carboxylic acids is 1. The Morgan fingerprint density at radius 1 is 1.45 bits per heavy atom. The molecule has 66 valence electrons. The van der Waals surface area contributed by atoms with Crippen LogP contribution < -0.4 is 0 Å². The molecule has 0 N–H and O–H groups in total. The summed E-state index contributed by atoms with van der Waals surface area (Å²) in [7, 11) is 0. The molecule has 0 saturated carbocycles. The van der Waals surface area contributed by atoms with E-state index in [1.807, 2.05) is 13.8 Å². The van der Waals surface area contributed by atoms with Gasteiger partial charge in [-0.05, 0) is 20.3 Å². The molecule has 0 heterocycles. The summed E-state index contributed by atoms with van der Waals surface area (Å²) in [6, 6.07) is 0. The number of rotatable bonds is 4. The number of hydrogen-bond donors (Lipinski definition) is 0. The minimum absolute atomic E-state index is 0.0204. The number of hydrogen-bond acceptors (Lipinski definition) is 2. The highest BCUT2D eigenvalue weighted by molar-refractivity contribution is 14.1. The second-order valence-electron chi connectivity index (χ2n) is 2.86. The lowest BCUT2D eigenvalue weighted by Crippen LogP contribution is -2.11. The molecule has 0 rings (SSSR count). The Bertz CT molecular complexity index is 121. The molecular formula is C8H15IO2. The van der Waals surface area contributed by atoms with E-state index < -0.39 is 0 Å². The van der Waals surface area contributed by atoms with Crippen LogP contribution in [0.15, 0.2) is 0 Å². The van der Waals surface area contributed by atoms with Gasteiger partial charge in [-0.2, -0.15) is 0 Å². The van der Waals surface area contributed by atoms with Crippen LogP contribution in [0.2, 0.25) is 0 Å². The van der Waals surface area contributed by atoms with Crippen molar-refractivity contribution in [3.05, 3.63) is 0 Å². The molecule has 0 aromatic heterocycles. The van der Waals surface area contributed by atoms with Crippen LogP contribution in [0.1, 0.15) is 33.6 Å². The molecule has 0 bridgehead atoms. The molecule has 11 heavy (non-hydrogen) atoms. The number of ether oxygens (including phenoxy) is 1. The minimum atomic E-state index is -0.0801. The van der Waals surface area contributed by atoms with E-state index in [9.17, 15) is 4.79 Å². The number of esters is 1. The van der Waals surface area contributed by atoms with E-state index >= 15 is 0 Å². The van der Waals surface area contributed by atoms with E-state index in [1.54, 1.807) is 0 Å². The molecule has 0 amide bonds. The molecule has 0 fully saturated rings. The molecule has 0 aliphatic rings. The maximum absolute atomic E-state index is 10.9. The van der Waals surface area contributed by atoms with Gasteiger partial charge in [-0.3, -0.25) is 4.79 Å². The Kier molecular flexibility index (Phi) is 5.91. The van der Waals surface area contributed by atoms with Crippen molar-refractivity contribution in [2.75, 3.05) is 0 Å². The standard InChI is InChI=1S/C8H15IO2/c1-6(2)11-8(10)5-4-7(3)9/h6-7H,4-5H2,1-3H3. The summed E-state index contributed by atoms with van der Waals surface area (Å²) >= 11 is 2.30. The fourth-order valence-corrected chi connectivity index (χ4v) is 0.950. The molecule has 2 nitrogen and oxygen atoms in total. The zero-order valence-corrected chi connectivity index (χ0v) is 9.42. The first-order valence-electron chi connectivity index (χ1n) is 3.86. The first kappa shape index (κ1) is 11.2. The van der Waals surface area contributed by atoms with Crippen LogP contribution in [0.3, 0.4) is 0 Å². The molecule has 1 unspecified atom stereocenters. The summed E-state index contributed by atoms with van der Waals surface area (Å²) in [5.74, 6) is -0.0801. The fraction of sp³-hybridized carbons (Fsp3) is 0.875. The van der Waals surface area contributed by atoms with Crippen molar-refractivity contribution in [3.8, 4) is 0 Å². The largest absolute Gasteiger partial charge is 0.463 e. The monoisotopic (exact) mass is 270 g/mol. The van der Waals surface area contributed by atoms with E-state index in [0.29, 0.717) is 10.3 Å². The highest BCUT2D eigenvalue weighted by Gasteiger charge is 2.06. The van der Waals surface area contributed by atoms with Crippen molar-refractivity contribution in [1.29, 1.82) is 0 Å². The Labute approximate surface area is 81.8 Å². The summed E-state index contributed by atoms with van der Waals surface area (Å²) in [6.45, 7) is 5.82. The Morgan fingerprint density at radius 2 is 2.00 bits per heavy atom. The van der Waals surface area contributed by atoms with Gasteiger partial charge in [0.1, 0.15) is 0 Å². The molecule has 0 aliphatic heterocycles. The summed E-state index contributed by atoms with van der Waals surface area (Å²) in [4.78, 5) is 10.9. The summed E-state index contributed by atoms with van der Waals surface area (Å²) in [6.07, 6.45) is 1.47. The Hall–Kier alpha value is 0.200. The lowest BCUT2D eigenvalue weighted by molar-refractivity contribution is -0.147. The molecule has 0 saturated heterocycles. The highest BCUT2D eigenvalue weighted by Crippen LogP contribution is 2.08. The van der Waals surface area contributed by atoms with Crippen LogP contribution in [-0.2, 0) is 9.53 Å². The summed E-state index contributed by atoms with van der Waals surface area (Å²) in [5.41, 5.74) is 0. The lowest BCUT2D eigenvalue weighted by Gasteiger charge is -2.07. The van der Waals surface area contributed by atoms with Gasteiger partial charge in [0.15, 0.2) is 0 Å². The molecule has 0 aromatic carbocycles. The average molecular weight is 270 g/mol. The van der Waals surface area contributed by atoms with Crippen LogP contribution in [0.5, 0.6) is 0 Å². The lowest BCUT2D eigenvalue weighted by atomic mass is 10.2. The fourth-order valence-electron chi connectivity index (χ4n) is 0.639. The second-order valence-corrected chi connectivity index (χ2v) is 4.98. The van der Waals surface area contributed by atoms with Gasteiger partial charge in [0.25, 0.3) is 0 Å². The minimum Gasteiger partial charge on any atom is -0.463 e. The molecule has 0 radical (unpaired) electrons. The average Bonchev–Trinajstić information content (AvgIpc) is 1.82. The van der Waals surface area contributed by atoms with Crippen LogP contribution in [0.25, 0.3) is 0 Å². The van der Waals surface area contributed by atoms with E-state index in [1.165, 1.54) is 0 Å². The topological polar surface area (TPSA) is 26.3 Å². The van der Waals surface area contributed by atoms with Crippen LogP contribution >= 0.6 is 22.6 Å². The molecular weight excluding hydrogens is 255 g/mol. The number of carbonyl (C=O) groups is 1. The predicted octanol–water partition coefficient (Wildman–Crippen LogP) is 2.54.